The number of carbonyl (C=O) groups is 1. The van der Waals surface area contributed by atoms with Crippen LogP contribution in [-0.4, -0.2) is 36.0 Å². The van der Waals surface area contributed by atoms with Gasteiger partial charge in [-0.05, 0) is 45.7 Å². The second-order valence-electron chi connectivity index (χ2n) is 5.15. The first kappa shape index (κ1) is 16.7. The van der Waals surface area contributed by atoms with Gasteiger partial charge in [0, 0.05) is 5.54 Å². The molecule has 0 saturated carbocycles. The lowest BCUT2D eigenvalue weighted by Gasteiger charge is -2.31. The first-order chi connectivity index (χ1) is 7.59. The van der Waals surface area contributed by atoms with E-state index in [4.69, 9.17) is 0 Å². The number of hydrogen-bond donors (Lipinski definition) is 1. The Balaban J connectivity index is 0.00000256. The van der Waals surface area contributed by atoms with Crippen molar-refractivity contribution in [3.63, 3.8) is 0 Å². The molecule has 1 N–H and O–H groups in total. The number of nitrogens with zero attached hydrogens (tertiary/aromatic N) is 1. The molecule has 1 rings (SSSR count). The van der Waals surface area contributed by atoms with Gasteiger partial charge in [0.25, 0.3) is 0 Å². The van der Waals surface area contributed by atoms with Crippen molar-refractivity contribution in [1.82, 2.24) is 10.2 Å². The summed E-state index contributed by atoms with van der Waals surface area (Å²) in [5, 5.41) is 3.16. The predicted molar refractivity (Wildman–Crippen MR) is 74.7 cm³/mol. The summed E-state index contributed by atoms with van der Waals surface area (Å²) in [5.41, 5.74) is -0.0210. The van der Waals surface area contributed by atoms with Crippen LogP contribution in [0.3, 0.4) is 0 Å². The summed E-state index contributed by atoms with van der Waals surface area (Å²) in [5.74, 6) is 0.188. The molecule has 0 aliphatic carbocycles. The predicted octanol–water partition coefficient (Wildman–Crippen LogP) is 2.59. The summed E-state index contributed by atoms with van der Waals surface area (Å²) in [6, 6.07) is 0. The maximum absolute atomic E-state index is 11.9. The molecule has 0 atom stereocenters. The van der Waals surface area contributed by atoms with Crippen molar-refractivity contribution in [2.75, 3.05) is 19.6 Å². The molecule has 1 heterocycles. The van der Waals surface area contributed by atoms with Crippen LogP contribution in [0.25, 0.3) is 0 Å². The molecule has 17 heavy (non-hydrogen) atoms. The summed E-state index contributed by atoms with van der Waals surface area (Å²) in [4.78, 5) is 14.2. The van der Waals surface area contributed by atoms with E-state index in [-0.39, 0.29) is 23.9 Å². The zero-order chi connectivity index (χ0) is 12.0. The van der Waals surface area contributed by atoms with Gasteiger partial charge in [0.1, 0.15) is 0 Å². The van der Waals surface area contributed by atoms with Crippen LogP contribution in [0.5, 0.6) is 0 Å². The lowest BCUT2D eigenvalue weighted by Crippen LogP contribution is -2.49. The molecular weight excluding hydrogens is 236 g/mol. The van der Waals surface area contributed by atoms with Gasteiger partial charge in [-0.3, -0.25) is 9.69 Å². The van der Waals surface area contributed by atoms with Crippen molar-refractivity contribution in [3.8, 4) is 0 Å². The van der Waals surface area contributed by atoms with Crippen LogP contribution in [0.15, 0.2) is 0 Å². The molecule has 1 saturated heterocycles. The zero-order valence-corrected chi connectivity index (χ0v) is 12.2. The summed E-state index contributed by atoms with van der Waals surface area (Å²) in [6.07, 6.45) is 5.79. The Kier molecular flexibility index (Phi) is 7.80. The third kappa shape index (κ3) is 5.73. The molecule has 1 aliphatic heterocycles. The van der Waals surface area contributed by atoms with Gasteiger partial charge >= 0.3 is 0 Å². The number of halogens is 1. The van der Waals surface area contributed by atoms with Gasteiger partial charge in [-0.2, -0.15) is 0 Å². The second kappa shape index (κ2) is 7.93. The Bertz CT molecular complexity index is 223. The first-order valence-corrected chi connectivity index (χ1v) is 6.63. The van der Waals surface area contributed by atoms with Crippen molar-refractivity contribution in [2.24, 2.45) is 0 Å². The van der Waals surface area contributed by atoms with Gasteiger partial charge in [-0.15, -0.1) is 12.4 Å². The van der Waals surface area contributed by atoms with Crippen molar-refractivity contribution in [1.29, 1.82) is 0 Å². The summed E-state index contributed by atoms with van der Waals surface area (Å²) < 4.78 is 0. The number of likely N-dealkylation sites (tertiary alicyclic amines) is 1. The third-order valence-electron chi connectivity index (χ3n) is 3.82. The normalized spacial score (nSPS) is 17.4. The molecule has 1 fully saturated rings. The van der Waals surface area contributed by atoms with Crippen molar-refractivity contribution in [3.05, 3.63) is 0 Å². The van der Waals surface area contributed by atoms with Crippen LogP contribution in [-0.2, 0) is 4.79 Å². The van der Waals surface area contributed by atoms with Crippen LogP contribution >= 0.6 is 12.4 Å². The van der Waals surface area contributed by atoms with E-state index in [1.807, 2.05) is 0 Å². The Morgan fingerprint density at radius 1 is 1.18 bits per heavy atom. The molecule has 0 radical (unpaired) electrons. The average molecular weight is 263 g/mol. The molecule has 0 spiro atoms. The third-order valence-corrected chi connectivity index (χ3v) is 3.82. The molecule has 102 valence electrons. The van der Waals surface area contributed by atoms with Gasteiger partial charge < -0.3 is 5.32 Å². The Morgan fingerprint density at radius 3 is 2.18 bits per heavy atom. The maximum atomic E-state index is 11.9. The lowest BCUT2D eigenvalue weighted by atomic mass is 9.95. The maximum Gasteiger partial charge on any atom is 0.234 e. The largest absolute Gasteiger partial charge is 0.350 e. The molecule has 4 heteroatoms. The zero-order valence-electron chi connectivity index (χ0n) is 11.4. The minimum absolute atomic E-state index is 0. The summed E-state index contributed by atoms with van der Waals surface area (Å²) >= 11 is 0. The quantitative estimate of drug-likeness (QED) is 0.826. The molecule has 0 aromatic heterocycles. The molecule has 0 bridgehead atoms. The van der Waals surface area contributed by atoms with E-state index in [0.29, 0.717) is 6.54 Å². The van der Waals surface area contributed by atoms with E-state index in [1.54, 1.807) is 0 Å². The number of nitrogens with one attached hydrogen (secondary N) is 1. The molecule has 1 aliphatic rings. The minimum Gasteiger partial charge on any atom is -0.350 e. The average Bonchev–Trinajstić information content (AvgIpc) is 2.30. The molecule has 0 aromatic carbocycles. The highest BCUT2D eigenvalue weighted by molar-refractivity contribution is 5.85. The van der Waals surface area contributed by atoms with Crippen molar-refractivity contribution >= 4 is 18.3 Å². The number of rotatable bonds is 5. The number of piperidine rings is 1. The highest BCUT2D eigenvalue weighted by Gasteiger charge is 2.23. The number of carbonyl (C=O) groups excluding carboxylic acids is 1. The van der Waals surface area contributed by atoms with Crippen LogP contribution < -0.4 is 5.32 Å². The van der Waals surface area contributed by atoms with Gasteiger partial charge in [0.05, 0.1) is 6.54 Å². The Hall–Kier alpha value is -0.280. The summed E-state index contributed by atoms with van der Waals surface area (Å²) in [6.45, 7) is 9.14. The van der Waals surface area contributed by atoms with Crippen molar-refractivity contribution in [2.45, 2.75) is 58.4 Å². The summed E-state index contributed by atoms with van der Waals surface area (Å²) in [7, 11) is 0. The molecule has 0 unspecified atom stereocenters. The van der Waals surface area contributed by atoms with Crippen LogP contribution in [0.2, 0.25) is 0 Å². The second-order valence-corrected chi connectivity index (χ2v) is 5.15. The van der Waals surface area contributed by atoms with Gasteiger partial charge in [-0.1, -0.05) is 20.3 Å². The van der Waals surface area contributed by atoms with Gasteiger partial charge in [0.15, 0.2) is 0 Å². The van der Waals surface area contributed by atoms with Crippen molar-refractivity contribution < 1.29 is 4.79 Å². The molecule has 1 amide bonds. The molecular formula is C13H27ClN2O. The van der Waals surface area contributed by atoms with E-state index in [9.17, 15) is 4.79 Å². The Morgan fingerprint density at radius 2 is 1.71 bits per heavy atom. The first-order valence-electron chi connectivity index (χ1n) is 6.63. The monoisotopic (exact) mass is 262 g/mol. The van der Waals surface area contributed by atoms with Gasteiger partial charge in [0.2, 0.25) is 5.91 Å². The van der Waals surface area contributed by atoms with Crippen LogP contribution in [0, 0.1) is 0 Å². The lowest BCUT2D eigenvalue weighted by molar-refractivity contribution is -0.124. The van der Waals surface area contributed by atoms with Crippen LogP contribution in [0.1, 0.15) is 52.9 Å². The standard InChI is InChI=1S/C13H26N2O.ClH/c1-4-13(3,5-2)14-12(16)11-15-9-7-6-8-10-15;/h4-11H2,1-3H3,(H,14,16);1H. The SMILES string of the molecule is CCC(C)(CC)NC(=O)CN1CCCCC1.Cl. The highest BCUT2D eigenvalue weighted by Crippen LogP contribution is 2.14. The van der Waals surface area contributed by atoms with E-state index >= 15 is 0 Å². The highest BCUT2D eigenvalue weighted by atomic mass is 35.5. The fraction of sp³-hybridized carbons (Fsp3) is 0.923. The van der Waals surface area contributed by atoms with E-state index in [0.717, 1.165) is 25.9 Å². The number of amides is 1. The van der Waals surface area contributed by atoms with E-state index < -0.39 is 0 Å². The Labute approximate surface area is 112 Å². The smallest absolute Gasteiger partial charge is 0.234 e. The van der Waals surface area contributed by atoms with E-state index in [1.165, 1.54) is 19.3 Å². The fourth-order valence-electron chi connectivity index (χ4n) is 2.12. The topological polar surface area (TPSA) is 32.3 Å². The van der Waals surface area contributed by atoms with E-state index in [2.05, 4.69) is 31.0 Å². The fourth-order valence-corrected chi connectivity index (χ4v) is 2.12. The molecule has 0 aromatic rings. The molecule has 3 nitrogen and oxygen atoms in total. The number of hydrogen-bond acceptors (Lipinski definition) is 2. The van der Waals surface area contributed by atoms with Crippen LogP contribution in [0.4, 0.5) is 0 Å². The minimum atomic E-state index is -0.0210. The van der Waals surface area contributed by atoms with Gasteiger partial charge in [-0.25, -0.2) is 0 Å².